The molecule has 1 aliphatic carbocycles. The fourth-order valence-electron chi connectivity index (χ4n) is 2.67. The summed E-state index contributed by atoms with van der Waals surface area (Å²) in [5.41, 5.74) is 0. The van der Waals surface area contributed by atoms with Crippen molar-refractivity contribution in [1.29, 1.82) is 0 Å². The van der Waals surface area contributed by atoms with Crippen LogP contribution in [0.15, 0.2) is 0 Å². The third kappa shape index (κ3) is 4.34. The Kier molecular flexibility index (Phi) is 5.76. The lowest BCUT2D eigenvalue weighted by atomic mass is 10.00. The van der Waals surface area contributed by atoms with Crippen molar-refractivity contribution in [3.63, 3.8) is 0 Å². The van der Waals surface area contributed by atoms with Gasteiger partial charge in [-0.15, -0.1) is 0 Å². The van der Waals surface area contributed by atoms with Gasteiger partial charge in [0, 0.05) is 24.4 Å². The summed E-state index contributed by atoms with van der Waals surface area (Å²) < 4.78 is 29.4. The largest absolute Gasteiger partial charge is 0.317 e. The topological polar surface area (TPSA) is 61.4 Å². The van der Waals surface area contributed by atoms with Gasteiger partial charge in [-0.1, -0.05) is 6.92 Å². The van der Waals surface area contributed by atoms with Gasteiger partial charge >= 0.3 is 0 Å². The molecular formula is C13H27N3O2S2. The van der Waals surface area contributed by atoms with Gasteiger partial charge < -0.3 is 5.32 Å². The van der Waals surface area contributed by atoms with Crippen LogP contribution in [0, 0.1) is 5.92 Å². The second kappa shape index (κ2) is 6.96. The Morgan fingerprint density at radius 3 is 2.75 bits per heavy atom. The molecule has 0 radical (unpaired) electrons. The van der Waals surface area contributed by atoms with Gasteiger partial charge in [0.25, 0.3) is 10.2 Å². The molecule has 2 rings (SSSR count). The van der Waals surface area contributed by atoms with E-state index in [4.69, 9.17) is 0 Å². The van der Waals surface area contributed by atoms with Gasteiger partial charge in [-0.05, 0) is 50.9 Å². The first-order valence-electron chi connectivity index (χ1n) is 7.52. The second-order valence-electron chi connectivity index (χ2n) is 5.89. The predicted octanol–water partition coefficient (Wildman–Crippen LogP) is 1.04. The van der Waals surface area contributed by atoms with Crippen molar-refractivity contribution in [2.24, 2.45) is 5.92 Å². The third-order valence-corrected chi connectivity index (χ3v) is 7.26. The van der Waals surface area contributed by atoms with Gasteiger partial charge in [0.1, 0.15) is 0 Å². The zero-order valence-electron chi connectivity index (χ0n) is 12.5. The van der Waals surface area contributed by atoms with Crippen molar-refractivity contribution in [2.75, 3.05) is 39.0 Å². The van der Waals surface area contributed by atoms with Crippen LogP contribution in [0.25, 0.3) is 0 Å². The van der Waals surface area contributed by atoms with Crippen LogP contribution in [0.1, 0.15) is 32.6 Å². The maximum absolute atomic E-state index is 12.4. The Morgan fingerprint density at radius 2 is 2.15 bits per heavy atom. The standard InChI is InChI=1S/C13H27N3O2S2/c1-3-14-9-12-5-4-8-16(10-12)20(17,18)15-11-13(19-2)6-7-13/h12,14-15H,3-11H2,1-2H3. The molecule has 5 nitrogen and oxygen atoms in total. The monoisotopic (exact) mass is 321 g/mol. The van der Waals surface area contributed by atoms with Crippen LogP contribution in [0.4, 0.5) is 0 Å². The van der Waals surface area contributed by atoms with Crippen LogP contribution >= 0.6 is 11.8 Å². The molecule has 2 aliphatic rings. The average Bonchev–Trinajstić information content (AvgIpc) is 3.24. The third-order valence-electron chi connectivity index (χ3n) is 4.32. The summed E-state index contributed by atoms with van der Waals surface area (Å²) in [6.07, 6.45) is 6.40. The summed E-state index contributed by atoms with van der Waals surface area (Å²) in [5, 5.41) is 3.32. The number of rotatable bonds is 8. The van der Waals surface area contributed by atoms with E-state index in [1.165, 1.54) is 0 Å². The number of piperidine rings is 1. The predicted molar refractivity (Wildman–Crippen MR) is 85.2 cm³/mol. The van der Waals surface area contributed by atoms with Crippen molar-refractivity contribution in [2.45, 2.75) is 37.4 Å². The van der Waals surface area contributed by atoms with Crippen LogP contribution in [0.5, 0.6) is 0 Å². The highest BCUT2D eigenvalue weighted by Crippen LogP contribution is 2.46. The number of thioether (sulfide) groups is 1. The van der Waals surface area contributed by atoms with Crippen LogP contribution in [-0.4, -0.2) is 56.4 Å². The van der Waals surface area contributed by atoms with E-state index >= 15 is 0 Å². The van der Waals surface area contributed by atoms with E-state index in [-0.39, 0.29) is 4.75 Å². The van der Waals surface area contributed by atoms with Gasteiger partial charge in [0.2, 0.25) is 0 Å². The first-order valence-corrected chi connectivity index (χ1v) is 10.2. The molecule has 1 heterocycles. The lowest BCUT2D eigenvalue weighted by Gasteiger charge is -2.32. The van der Waals surface area contributed by atoms with Crippen LogP contribution in [0.2, 0.25) is 0 Å². The quantitative estimate of drug-likeness (QED) is 0.701. The first-order chi connectivity index (χ1) is 9.51. The van der Waals surface area contributed by atoms with Crippen molar-refractivity contribution in [3.05, 3.63) is 0 Å². The highest BCUT2D eigenvalue weighted by Gasteiger charge is 2.43. The van der Waals surface area contributed by atoms with Gasteiger partial charge in [0.15, 0.2) is 0 Å². The molecule has 0 aromatic carbocycles. The molecule has 2 N–H and O–H groups in total. The molecule has 0 amide bonds. The Hall–Kier alpha value is 0.180. The molecule has 1 atom stereocenters. The molecule has 0 bridgehead atoms. The van der Waals surface area contributed by atoms with Crippen LogP contribution in [0.3, 0.4) is 0 Å². The molecule has 1 unspecified atom stereocenters. The van der Waals surface area contributed by atoms with Crippen molar-refractivity contribution < 1.29 is 8.42 Å². The van der Waals surface area contributed by atoms with E-state index in [1.54, 1.807) is 16.1 Å². The van der Waals surface area contributed by atoms with Crippen molar-refractivity contribution in [3.8, 4) is 0 Å². The molecule has 0 aromatic rings. The Labute approximate surface area is 127 Å². The molecule has 20 heavy (non-hydrogen) atoms. The van der Waals surface area contributed by atoms with Crippen LogP contribution < -0.4 is 10.0 Å². The Morgan fingerprint density at radius 1 is 1.40 bits per heavy atom. The Bertz CT molecular complexity index is 410. The zero-order chi connectivity index (χ0) is 14.6. The van der Waals surface area contributed by atoms with E-state index in [2.05, 4.69) is 23.2 Å². The fraction of sp³-hybridized carbons (Fsp3) is 1.00. The second-order valence-corrected chi connectivity index (χ2v) is 8.92. The minimum atomic E-state index is -3.30. The summed E-state index contributed by atoms with van der Waals surface area (Å²) >= 11 is 1.78. The van der Waals surface area contributed by atoms with E-state index < -0.39 is 10.2 Å². The number of hydrogen-bond acceptors (Lipinski definition) is 4. The summed E-state index contributed by atoms with van der Waals surface area (Å²) in [6, 6.07) is 0. The normalized spacial score (nSPS) is 26.6. The average molecular weight is 322 g/mol. The number of nitrogens with one attached hydrogen (secondary N) is 2. The number of hydrogen-bond donors (Lipinski definition) is 2. The molecule has 1 aliphatic heterocycles. The number of nitrogens with zero attached hydrogens (tertiary/aromatic N) is 1. The molecule has 1 saturated carbocycles. The van der Waals surface area contributed by atoms with Crippen molar-refractivity contribution in [1.82, 2.24) is 14.3 Å². The minimum Gasteiger partial charge on any atom is -0.317 e. The smallest absolute Gasteiger partial charge is 0.279 e. The van der Waals surface area contributed by atoms with Gasteiger partial charge in [-0.25, -0.2) is 4.72 Å². The molecule has 7 heteroatoms. The summed E-state index contributed by atoms with van der Waals surface area (Å²) in [6.45, 7) is 5.81. The lowest BCUT2D eigenvalue weighted by Crippen LogP contribution is -2.49. The highest BCUT2D eigenvalue weighted by atomic mass is 32.2. The molecule has 0 aromatic heterocycles. The minimum absolute atomic E-state index is 0.173. The van der Waals surface area contributed by atoms with E-state index in [9.17, 15) is 8.42 Å². The van der Waals surface area contributed by atoms with Crippen LogP contribution in [-0.2, 0) is 10.2 Å². The summed E-state index contributed by atoms with van der Waals surface area (Å²) in [4.78, 5) is 0. The highest BCUT2D eigenvalue weighted by molar-refractivity contribution is 8.00. The van der Waals surface area contributed by atoms with E-state index in [0.717, 1.165) is 38.8 Å². The molecule has 118 valence electrons. The molecule has 2 fully saturated rings. The first kappa shape index (κ1) is 16.5. The van der Waals surface area contributed by atoms with Gasteiger partial charge in [0.05, 0.1) is 0 Å². The fourth-order valence-corrected chi connectivity index (χ4v) is 4.90. The van der Waals surface area contributed by atoms with Gasteiger partial charge in [-0.3, -0.25) is 0 Å². The van der Waals surface area contributed by atoms with E-state index in [0.29, 0.717) is 25.6 Å². The maximum atomic E-state index is 12.4. The molecule has 1 saturated heterocycles. The molecular weight excluding hydrogens is 294 g/mol. The summed E-state index contributed by atoms with van der Waals surface area (Å²) in [5.74, 6) is 0.440. The zero-order valence-corrected chi connectivity index (χ0v) is 14.2. The maximum Gasteiger partial charge on any atom is 0.279 e. The summed E-state index contributed by atoms with van der Waals surface area (Å²) in [7, 11) is -3.30. The lowest BCUT2D eigenvalue weighted by molar-refractivity contribution is 0.258. The van der Waals surface area contributed by atoms with E-state index in [1.807, 2.05) is 0 Å². The molecule has 0 spiro atoms. The van der Waals surface area contributed by atoms with Gasteiger partial charge in [-0.2, -0.15) is 24.5 Å². The Balaban J connectivity index is 1.84. The van der Waals surface area contributed by atoms with Crippen molar-refractivity contribution >= 4 is 22.0 Å². The SMILES string of the molecule is CCNCC1CCCN(S(=O)(=O)NCC2(SC)CC2)C1.